The number of thiazole rings is 1. The third-order valence-corrected chi connectivity index (χ3v) is 12.0. The molecule has 1 aliphatic rings. The number of carboxylic acids is 4. The molecule has 10 N–H and O–H groups in total. The molecule has 2 heterocycles. The van der Waals surface area contributed by atoms with E-state index < -0.39 is 116 Å². The highest BCUT2D eigenvalue weighted by Crippen LogP contribution is 2.35. The molecule has 64 heavy (non-hydrogen) atoms. The summed E-state index contributed by atoms with van der Waals surface area (Å²) in [7, 11) is 0. The first kappa shape index (κ1) is 48.3. The van der Waals surface area contributed by atoms with E-state index >= 15 is 0 Å². The minimum Gasteiger partial charge on any atom is -0.481 e. The number of benzene rings is 3. The van der Waals surface area contributed by atoms with Crippen molar-refractivity contribution >= 4 is 103 Å². The van der Waals surface area contributed by atoms with E-state index in [4.69, 9.17) is 4.74 Å². The molecule has 21 nitrogen and oxygen atoms in total. The number of aliphatic hydroxyl groups excluding tert-OH is 1. The number of aliphatic hydroxyl groups is 1. The maximum Gasteiger partial charge on any atom is 0.408 e. The fourth-order valence-electron chi connectivity index (χ4n) is 6.42. The van der Waals surface area contributed by atoms with Crippen molar-refractivity contribution in [1.29, 1.82) is 0 Å². The zero-order valence-corrected chi connectivity index (χ0v) is 35.8. The van der Waals surface area contributed by atoms with Gasteiger partial charge in [0.1, 0.15) is 35.0 Å². The van der Waals surface area contributed by atoms with Crippen molar-refractivity contribution in [3.63, 3.8) is 0 Å². The van der Waals surface area contributed by atoms with Gasteiger partial charge in [-0.05, 0) is 41.5 Å². The molecule has 1 aromatic heterocycles. The van der Waals surface area contributed by atoms with E-state index in [2.05, 4.69) is 36.6 Å². The summed E-state index contributed by atoms with van der Waals surface area (Å²) in [6, 6.07) is 9.85. The van der Waals surface area contributed by atoms with E-state index in [0.717, 1.165) is 10.1 Å². The van der Waals surface area contributed by atoms with Gasteiger partial charge in [-0.15, -0.1) is 23.1 Å². The zero-order valence-electron chi connectivity index (χ0n) is 34.2. The van der Waals surface area contributed by atoms with Crippen LogP contribution in [0.5, 0.6) is 0 Å². The largest absolute Gasteiger partial charge is 0.481 e. The van der Waals surface area contributed by atoms with E-state index in [9.17, 15) is 63.9 Å². The zero-order chi connectivity index (χ0) is 46.7. The van der Waals surface area contributed by atoms with Crippen LogP contribution in [0.3, 0.4) is 0 Å². The molecule has 0 aliphatic carbocycles. The maximum absolute atomic E-state index is 13.7. The molecule has 5 rings (SSSR count). The van der Waals surface area contributed by atoms with Gasteiger partial charge in [-0.2, -0.15) is 0 Å². The van der Waals surface area contributed by atoms with Crippen LogP contribution in [-0.2, 0) is 44.9 Å². The summed E-state index contributed by atoms with van der Waals surface area (Å²) in [6.45, 7) is 2.94. The van der Waals surface area contributed by atoms with Gasteiger partial charge in [0.2, 0.25) is 17.7 Å². The first-order valence-corrected chi connectivity index (χ1v) is 21.4. The first-order valence-electron chi connectivity index (χ1n) is 19.6. The number of amides is 4. The van der Waals surface area contributed by atoms with Crippen LogP contribution in [0.2, 0.25) is 0 Å². The number of carboxylic acid groups (broad SMARTS) is 4. The molecule has 4 aromatic rings. The lowest BCUT2D eigenvalue weighted by molar-refractivity contribution is -0.141. The summed E-state index contributed by atoms with van der Waals surface area (Å²) in [4.78, 5) is 108. The Morgan fingerprint density at radius 3 is 2.12 bits per heavy atom. The van der Waals surface area contributed by atoms with Crippen molar-refractivity contribution in [3.05, 3.63) is 71.2 Å². The molecule has 0 saturated heterocycles. The molecule has 340 valence electrons. The van der Waals surface area contributed by atoms with Crippen LogP contribution in [0.25, 0.3) is 21.0 Å². The lowest BCUT2D eigenvalue weighted by Gasteiger charge is -2.32. The number of aliphatic imine (C=N–C) groups is 1. The number of hydrogen-bond donors (Lipinski definition) is 10. The van der Waals surface area contributed by atoms with Crippen molar-refractivity contribution < 1.29 is 68.6 Å². The predicted octanol–water partition coefficient (Wildman–Crippen LogP) is 2.35. The molecular weight excluding hydrogens is 879 g/mol. The highest BCUT2D eigenvalue weighted by Gasteiger charge is 2.35. The molecule has 6 unspecified atom stereocenters. The molecule has 0 saturated carbocycles. The highest BCUT2D eigenvalue weighted by molar-refractivity contribution is 8.15. The number of alkyl carbamates (subject to hydrolysis) is 1. The van der Waals surface area contributed by atoms with Gasteiger partial charge in [0.15, 0.2) is 6.04 Å². The molecule has 0 bridgehead atoms. The Kier molecular flexibility index (Phi) is 16.7. The summed E-state index contributed by atoms with van der Waals surface area (Å²) in [6.07, 6.45) is -5.84. The topological polar surface area (TPSA) is 332 Å². The average Bonchev–Trinajstić information content (AvgIpc) is 3.91. The van der Waals surface area contributed by atoms with Crippen molar-refractivity contribution in [2.75, 3.05) is 11.1 Å². The minimum absolute atomic E-state index is 0.210. The summed E-state index contributed by atoms with van der Waals surface area (Å²) in [5.74, 6) is -8.63. The number of carbonyl (C=O) groups excluding carboxylic acids is 4. The SMILES string of the molecule is CC(C)C(NC(=O)C(CCC(=O)O)NC(=O)C(CC(=O)O)NC(=O)OCc1ccccc1)C(O)NC(CC(=O)O)C(=O)Nc1ccc2c(ccc3nc(C4=NC(C(=O)O)CS4)sc32)c1. The molecule has 0 radical (unpaired) electrons. The second-order valence-corrected chi connectivity index (χ2v) is 16.9. The number of nitrogens with zero attached hydrogens (tertiary/aromatic N) is 2. The lowest BCUT2D eigenvalue weighted by atomic mass is 10.00. The van der Waals surface area contributed by atoms with Crippen molar-refractivity contribution in [3.8, 4) is 0 Å². The second-order valence-electron chi connectivity index (χ2n) is 14.8. The molecule has 0 spiro atoms. The number of rotatable bonds is 22. The van der Waals surface area contributed by atoms with Crippen LogP contribution in [0.15, 0.2) is 65.7 Å². The standard InChI is InChI=1S/C41H45N7O14S2/c1-19(2)32(48-34(55)25(12-13-29(49)50)43-36(57)27(16-31(53)54)47-41(61)62-17-20-6-4-3-5-7-20)37(58)44-26(15-30(51)52)35(56)42-22-9-10-23-21(14-22)8-11-24-33(23)64-39(45-24)38-46-28(18-63-38)40(59)60/h3-11,14,19,25-28,32,37,44,58H,12-13,15-18H2,1-2H3,(H,42,56)(H,43,57)(H,47,61)(H,48,55)(H,49,50)(H,51,52)(H,53,54)(H,59,60). The molecule has 1 aliphatic heterocycles. The van der Waals surface area contributed by atoms with Gasteiger partial charge in [0.25, 0.3) is 0 Å². The van der Waals surface area contributed by atoms with Gasteiger partial charge in [-0.25, -0.2) is 14.6 Å². The van der Waals surface area contributed by atoms with Gasteiger partial charge in [-0.1, -0.05) is 56.3 Å². The van der Waals surface area contributed by atoms with E-state index in [0.29, 0.717) is 32.3 Å². The minimum atomic E-state index is -1.80. The molecule has 0 fully saturated rings. The number of ether oxygens (including phenoxy) is 1. The number of carbonyl (C=O) groups is 8. The predicted molar refractivity (Wildman–Crippen MR) is 233 cm³/mol. The van der Waals surface area contributed by atoms with Crippen LogP contribution >= 0.6 is 23.1 Å². The second kappa shape index (κ2) is 22.1. The fourth-order valence-corrected chi connectivity index (χ4v) is 8.61. The van der Waals surface area contributed by atoms with E-state index in [1.165, 1.54) is 23.1 Å². The Balaban J connectivity index is 1.27. The number of aliphatic carboxylic acids is 4. The number of anilines is 1. The number of nitrogens with one attached hydrogen (secondary N) is 5. The third-order valence-electron chi connectivity index (χ3n) is 9.67. The average molecular weight is 924 g/mol. The van der Waals surface area contributed by atoms with E-state index in [1.807, 2.05) is 0 Å². The summed E-state index contributed by atoms with van der Waals surface area (Å²) in [5.41, 5.74) is 1.53. The molecular formula is C41H45N7O14S2. The molecule has 6 atom stereocenters. The Morgan fingerprint density at radius 2 is 1.48 bits per heavy atom. The van der Waals surface area contributed by atoms with Crippen molar-refractivity contribution in [2.45, 2.75) is 82.6 Å². The van der Waals surface area contributed by atoms with Gasteiger partial charge in [0.05, 0.1) is 35.1 Å². The van der Waals surface area contributed by atoms with E-state index in [1.54, 1.807) is 74.5 Å². The van der Waals surface area contributed by atoms with E-state index in [-0.39, 0.29) is 12.3 Å². The molecule has 23 heteroatoms. The fraction of sp³-hybridized carbons (Fsp3) is 0.366. The van der Waals surface area contributed by atoms with Gasteiger partial charge < -0.3 is 51.5 Å². The number of aromatic nitrogens is 1. The van der Waals surface area contributed by atoms with Crippen LogP contribution in [-0.4, -0.2) is 125 Å². The Hall–Kier alpha value is -6.69. The van der Waals surface area contributed by atoms with Gasteiger partial charge in [-0.3, -0.25) is 39.1 Å². The van der Waals surface area contributed by atoms with Crippen LogP contribution in [0.1, 0.15) is 50.1 Å². The molecule has 3 aromatic carbocycles. The summed E-state index contributed by atoms with van der Waals surface area (Å²) in [5, 5.41) is 63.9. The molecule has 4 amide bonds. The number of fused-ring (bicyclic) bond motifs is 3. The normalized spacial score (nSPS) is 15.9. The van der Waals surface area contributed by atoms with Crippen LogP contribution in [0, 0.1) is 5.92 Å². The smallest absolute Gasteiger partial charge is 0.408 e. The Labute approximate surface area is 372 Å². The highest BCUT2D eigenvalue weighted by atomic mass is 32.2. The Bertz CT molecular complexity index is 2450. The monoisotopic (exact) mass is 923 g/mol. The number of hydrogen-bond acceptors (Lipinski definition) is 15. The first-order chi connectivity index (χ1) is 30.4. The van der Waals surface area contributed by atoms with Gasteiger partial charge in [0, 0.05) is 23.2 Å². The van der Waals surface area contributed by atoms with Gasteiger partial charge >= 0.3 is 30.0 Å². The summed E-state index contributed by atoms with van der Waals surface area (Å²) < 4.78 is 5.88. The third kappa shape index (κ3) is 13.4. The summed E-state index contributed by atoms with van der Waals surface area (Å²) >= 11 is 2.64. The van der Waals surface area contributed by atoms with Crippen molar-refractivity contribution in [2.24, 2.45) is 10.9 Å². The lowest BCUT2D eigenvalue weighted by Crippen LogP contribution is -2.61. The quantitative estimate of drug-likeness (QED) is 0.0506. The Morgan fingerprint density at radius 1 is 0.797 bits per heavy atom. The van der Waals surface area contributed by atoms with Crippen molar-refractivity contribution in [1.82, 2.24) is 26.3 Å². The maximum atomic E-state index is 13.7. The van der Waals surface area contributed by atoms with Crippen LogP contribution < -0.4 is 26.6 Å². The number of thioether (sulfide) groups is 1. The van der Waals surface area contributed by atoms with Crippen LogP contribution in [0.4, 0.5) is 10.5 Å².